The van der Waals surface area contributed by atoms with Crippen molar-refractivity contribution in [1.29, 1.82) is 0 Å². The lowest BCUT2D eigenvalue weighted by molar-refractivity contribution is -0.118. The summed E-state index contributed by atoms with van der Waals surface area (Å²) in [7, 11) is 1.82. The van der Waals surface area contributed by atoms with Crippen LogP contribution in [0.25, 0.3) is 0 Å². The number of primary amides is 1. The molecule has 5 heteroatoms. The first kappa shape index (κ1) is 8.73. The number of hydrogen-bond donors (Lipinski definition) is 2. The number of aryl methyl sites for hydroxylation is 1. The molecule has 1 unspecified atom stereocenters. The molecule has 0 fully saturated rings. The molecule has 0 aliphatic carbocycles. The van der Waals surface area contributed by atoms with Gasteiger partial charge >= 0.3 is 0 Å². The Balaban J connectivity index is 2.71. The molecule has 4 N–H and O–H groups in total. The first-order valence-electron chi connectivity index (χ1n) is 3.62. The molecule has 0 saturated heterocycles. The Labute approximate surface area is 70.4 Å². The molecule has 5 nitrogen and oxygen atoms in total. The Morgan fingerprint density at radius 1 is 1.83 bits per heavy atom. The molecule has 0 saturated carbocycles. The normalized spacial score (nSPS) is 12.8. The zero-order chi connectivity index (χ0) is 9.14. The molecule has 1 amide bonds. The maximum absolute atomic E-state index is 10.5. The van der Waals surface area contributed by atoms with Crippen LogP contribution in [0, 0.1) is 0 Å². The van der Waals surface area contributed by atoms with Gasteiger partial charge in [-0.15, -0.1) is 0 Å². The van der Waals surface area contributed by atoms with E-state index < -0.39 is 11.9 Å². The monoisotopic (exact) mass is 168 g/mol. The van der Waals surface area contributed by atoms with Crippen LogP contribution in [0.5, 0.6) is 0 Å². The summed E-state index contributed by atoms with van der Waals surface area (Å²) in [5.41, 5.74) is 10.7. The van der Waals surface area contributed by atoms with Crippen molar-refractivity contribution in [3.8, 4) is 0 Å². The van der Waals surface area contributed by atoms with Crippen molar-refractivity contribution in [1.82, 2.24) is 9.55 Å². The van der Waals surface area contributed by atoms with Gasteiger partial charge in [-0.1, -0.05) is 0 Å². The fraction of sp³-hybridized carbons (Fsp3) is 0.429. The Morgan fingerprint density at radius 2 is 2.50 bits per heavy atom. The van der Waals surface area contributed by atoms with Crippen molar-refractivity contribution in [2.24, 2.45) is 18.5 Å². The van der Waals surface area contributed by atoms with Crippen LogP contribution in [0.2, 0.25) is 0 Å². The van der Waals surface area contributed by atoms with E-state index in [1.54, 1.807) is 17.0 Å². The minimum absolute atomic E-state index is 0.130. The Morgan fingerprint density at radius 3 is 2.92 bits per heavy atom. The van der Waals surface area contributed by atoms with E-state index >= 15 is 0 Å². The van der Waals surface area contributed by atoms with Gasteiger partial charge < -0.3 is 16.0 Å². The molecule has 1 atom stereocenters. The van der Waals surface area contributed by atoms with Crippen LogP contribution >= 0.6 is 0 Å². The van der Waals surface area contributed by atoms with Gasteiger partial charge in [-0.2, -0.15) is 0 Å². The third-order valence-electron chi connectivity index (χ3n) is 1.61. The van der Waals surface area contributed by atoms with E-state index in [9.17, 15) is 4.79 Å². The first-order valence-corrected chi connectivity index (χ1v) is 3.62. The number of nitrogens with zero attached hydrogens (tertiary/aromatic N) is 2. The van der Waals surface area contributed by atoms with E-state index in [1.165, 1.54) is 0 Å². The van der Waals surface area contributed by atoms with Gasteiger partial charge in [-0.3, -0.25) is 4.79 Å². The van der Waals surface area contributed by atoms with Crippen LogP contribution in [0.4, 0.5) is 0 Å². The number of imidazole rings is 1. The number of nitrogens with two attached hydrogens (primary N) is 2. The minimum Gasteiger partial charge on any atom is -0.370 e. The first-order chi connectivity index (χ1) is 5.61. The van der Waals surface area contributed by atoms with Gasteiger partial charge in [0.15, 0.2) is 0 Å². The fourth-order valence-corrected chi connectivity index (χ4v) is 1.04. The molecule has 0 aliphatic rings. The molecule has 1 rings (SSSR count). The van der Waals surface area contributed by atoms with E-state index in [4.69, 9.17) is 11.5 Å². The standard InChI is InChI=1S/C7H12N4O/c1-11-3-2-10-7(11)5(8)4-6(9)12/h2-3,5H,4,8H2,1H3,(H2,9,12). The number of amides is 1. The highest BCUT2D eigenvalue weighted by Gasteiger charge is 2.12. The van der Waals surface area contributed by atoms with Crippen molar-refractivity contribution in [2.45, 2.75) is 12.5 Å². The van der Waals surface area contributed by atoms with Gasteiger partial charge in [-0.25, -0.2) is 4.98 Å². The van der Waals surface area contributed by atoms with Gasteiger partial charge in [0.25, 0.3) is 0 Å². The highest BCUT2D eigenvalue weighted by Crippen LogP contribution is 2.09. The summed E-state index contributed by atoms with van der Waals surface area (Å²) in [5.74, 6) is 0.263. The second-order valence-corrected chi connectivity index (χ2v) is 2.67. The highest BCUT2D eigenvalue weighted by molar-refractivity contribution is 5.74. The topological polar surface area (TPSA) is 86.9 Å². The predicted octanol–water partition coefficient (Wildman–Crippen LogP) is -0.705. The molecule has 0 spiro atoms. The fourth-order valence-electron chi connectivity index (χ4n) is 1.04. The van der Waals surface area contributed by atoms with Crippen LogP contribution < -0.4 is 11.5 Å². The van der Waals surface area contributed by atoms with Gasteiger partial charge in [0.1, 0.15) is 5.82 Å². The van der Waals surface area contributed by atoms with E-state index in [-0.39, 0.29) is 6.42 Å². The Kier molecular flexibility index (Phi) is 2.44. The smallest absolute Gasteiger partial charge is 0.219 e. The van der Waals surface area contributed by atoms with Gasteiger partial charge in [0, 0.05) is 25.9 Å². The zero-order valence-electron chi connectivity index (χ0n) is 6.90. The summed E-state index contributed by atoms with van der Waals surface area (Å²) >= 11 is 0. The van der Waals surface area contributed by atoms with Crippen LogP contribution in [0.15, 0.2) is 12.4 Å². The van der Waals surface area contributed by atoms with Crippen molar-refractivity contribution in [3.63, 3.8) is 0 Å². The van der Waals surface area contributed by atoms with E-state index in [0.29, 0.717) is 5.82 Å². The van der Waals surface area contributed by atoms with Crippen LogP contribution in [0.1, 0.15) is 18.3 Å². The molecule has 1 aromatic heterocycles. The van der Waals surface area contributed by atoms with Gasteiger partial charge in [0.05, 0.1) is 6.04 Å². The van der Waals surface area contributed by atoms with Crippen LogP contribution in [-0.4, -0.2) is 15.5 Å². The molecule has 0 aliphatic heterocycles. The molecule has 1 aromatic rings. The SMILES string of the molecule is Cn1ccnc1C(N)CC(N)=O. The molecular weight excluding hydrogens is 156 g/mol. The highest BCUT2D eigenvalue weighted by atomic mass is 16.1. The van der Waals surface area contributed by atoms with E-state index in [2.05, 4.69) is 4.98 Å². The lowest BCUT2D eigenvalue weighted by Crippen LogP contribution is -2.23. The van der Waals surface area contributed by atoms with Crippen molar-refractivity contribution in [3.05, 3.63) is 18.2 Å². The zero-order valence-corrected chi connectivity index (χ0v) is 6.90. The van der Waals surface area contributed by atoms with Gasteiger partial charge in [-0.05, 0) is 0 Å². The molecule has 0 bridgehead atoms. The maximum Gasteiger partial charge on any atom is 0.219 e. The van der Waals surface area contributed by atoms with Crippen LogP contribution in [0.3, 0.4) is 0 Å². The summed E-state index contributed by atoms with van der Waals surface area (Å²) in [6, 6.07) is -0.400. The lowest BCUT2D eigenvalue weighted by Gasteiger charge is -2.08. The number of rotatable bonds is 3. The molecule has 66 valence electrons. The minimum atomic E-state index is -0.412. The second kappa shape index (κ2) is 3.36. The summed E-state index contributed by atoms with van der Waals surface area (Å²) in [6.45, 7) is 0. The lowest BCUT2D eigenvalue weighted by atomic mass is 10.2. The quantitative estimate of drug-likeness (QED) is 0.625. The van der Waals surface area contributed by atoms with Crippen molar-refractivity contribution >= 4 is 5.91 Å². The predicted molar refractivity (Wildman–Crippen MR) is 43.9 cm³/mol. The van der Waals surface area contributed by atoms with E-state index in [1.807, 2.05) is 7.05 Å². The number of hydrogen-bond acceptors (Lipinski definition) is 3. The summed E-state index contributed by atoms with van der Waals surface area (Å²) in [4.78, 5) is 14.5. The van der Waals surface area contributed by atoms with Gasteiger partial charge in [0.2, 0.25) is 5.91 Å². The van der Waals surface area contributed by atoms with Crippen LogP contribution in [-0.2, 0) is 11.8 Å². The van der Waals surface area contributed by atoms with Crippen molar-refractivity contribution in [2.75, 3.05) is 0 Å². The third kappa shape index (κ3) is 1.82. The second-order valence-electron chi connectivity index (χ2n) is 2.67. The number of aromatic nitrogens is 2. The Bertz CT molecular complexity index is 281. The summed E-state index contributed by atoms with van der Waals surface area (Å²) in [5, 5.41) is 0. The third-order valence-corrected chi connectivity index (χ3v) is 1.61. The largest absolute Gasteiger partial charge is 0.370 e. The molecule has 0 radical (unpaired) electrons. The number of carbonyl (C=O) groups excluding carboxylic acids is 1. The van der Waals surface area contributed by atoms with E-state index in [0.717, 1.165) is 0 Å². The molecule has 12 heavy (non-hydrogen) atoms. The average Bonchev–Trinajstić information content (AvgIpc) is 2.33. The molecule has 1 heterocycles. The number of carbonyl (C=O) groups is 1. The Hall–Kier alpha value is -1.36. The average molecular weight is 168 g/mol. The summed E-state index contributed by atoms with van der Waals surface area (Å²) < 4.78 is 1.77. The summed E-state index contributed by atoms with van der Waals surface area (Å²) in [6.07, 6.45) is 3.54. The molecule has 0 aromatic carbocycles. The molecular formula is C7H12N4O. The maximum atomic E-state index is 10.5. The van der Waals surface area contributed by atoms with Crippen molar-refractivity contribution < 1.29 is 4.79 Å².